The number of likely N-dealkylation sites (tertiary alicyclic amines) is 1. The number of rotatable bonds is 14. The van der Waals surface area contributed by atoms with E-state index in [-0.39, 0.29) is 23.6 Å². The highest BCUT2D eigenvalue weighted by Crippen LogP contribution is 2.21. The molecule has 3 aromatic carbocycles. The molecule has 0 aliphatic carbocycles. The van der Waals surface area contributed by atoms with Gasteiger partial charge in [0, 0.05) is 31.6 Å². The summed E-state index contributed by atoms with van der Waals surface area (Å²) >= 11 is 0. The molecule has 1 atom stereocenters. The lowest BCUT2D eigenvalue weighted by Gasteiger charge is -2.24. The third kappa shape index (κ3) is 9.71. The zero-order chi connectivity index (χ0) is 37.1. The first-order valence-corrected chi connectivity index (χ1v) is 17.0. The maximum atomic E-state index is 15.5. The molecule has 2 heterocycles. The summed E-state index contributed by atoms with van der Waals surface area (Å²) in [4.78, 5) is 71.9. The Morgan fingerprint density at radius 1 is 0.846 bits per heavy atom. The fourth-order valence-corrected chi connectivity index (χ4v) is 5.88. The smallest absolute Gasteiger partial charge is 0.375 e. The van der Waals surface area contributed by atoms with Crippen LogP contribution in [0.25, 0.3) is 11.4 Å². The number of amides is 3. The standard InChI is InChI=1S/C38H39F3N6O5/c39-29-17-11-16-28(21-29)35-43-23-31(42-22-27-14-7-4-8-15-27)36(51)47(35)25-32(48)45-30(20-26-12-5-3-6-13-26)34(50)38(40,41)37(52)44-24-33(49)46-18-9-1-2-10-19-46/h3-8,11-17,21,23,30,42H,1-2,9-10,18-20,22,24-25H2,(H,44,52)(H,45,48). The van der Waals surface area contributed by atoms with Gasteiger partial charge in [0.1, 0.15) is 23.9 Å². The van der Waals surface area contributed by atoms with Gasteiger partial charge in [-0.3, -0.25) is 28.5 Å². The minimum Gasteiger partial charge on any atom is -0.375 e. The van der Waals surface area contributed by atoms with Crippen LogP contribution in [0.4, 0.5) is 18.9 Å². The van der Waals surface area contributed by atoms with Crippen molar-refractivity contribution in [2.24, 2.45) is 0 Å². The highest BCUT2D eigenvalue weighted by molar-refractivity contribution is 6.11. The summed E-state index contributed by atoms with van der Waals surface area (Å²) < 4.78 is 46.2. The predicted octanol–water partition coefficient (Wildman–Crippen LogP) is 4.11. The summed E-state index contributed by atoms with van der Waals surface area (Å²) in [5.74, 6) is -10.8. The molecule has 14 heteroatoms. The Balaban J connectivity index is 1.37. The zero-order valence-electron chi connectivity index (χ0n) is 28.3. The molecule has 52 heavy (non-hydrogen) atoms. The predicted molar refractivity (Wildman–Crippen MR) is 188 cm³/mol. The monoisotopic (exact) mass is 716 g/mol. The first kappa shape index (κ1) is 37.5. The Morgan fingerprint density at radius 3 is 2.15 bits per heavy atom. The van der Waals surface area contributed by atoms with Crippen LogP contribution in [0.3, 0.4) is 0 Å². The van der Waals surface area contributed by atoms with E-state index in [1.165, 1.54) is 29.3 Å². The van der Waals surface area contributed by atoms with Crippen LogP contribution < -0.4 is 21.5 Å². The SMILES string of the molecule is O=C(Cn1c(-c2cccc(F)c2)ncc(NCc2ccccc2)c1=O)NC(Cc1ccccc1)C(=O)C(F)(F)C(=O)NCC(=O)N1CCCCCC1. The van der Waals surface area contributed by atoms with E-state index in [1.54, 1.807) is 30.3 Å². The highest BCUT2D eigenvalue weighted by atomic mass is 19.3. The molecule has 0 radical (unpaired) electrons. The normalized spacial score (nSPS) is 13.8. The molecular weight excluding hydrogens is 677 g/mol. The van der Waals surface area contributed by atoms with Gasteiger partial charge in [-0.2, -0.15) is 8.78 Å². The molecule has 272 valence electrons. The van der Waals surface area contributed by atoms with Crippen LogP contribution >= 0.6 is 0 Å². The first-order valence-electron chi connectivity index (χ1n) is 17.0. The summed E-state index contributed by atoms with van der Waals surface area (Å²) in [7, 11) is 0. The molecule has 1 fully saturated rings. The molecule has 0 bridgehead atoms. The summed E-state index contributed by atoms with van der Waals surface area (Å²) in [6, 6.07) is 20.4. The average Bonchev–Trinajstić information content (AvgIpc) is 3.44. The number of hydrogen-bond acceptors (Lipinski definition) is 7. The fraction of sp³-hybridized carbons (Fsp3) is 0.316. The minimum atomic E-state index is -4.63. The number of carbonyl (C=O) groups excluding carboxylic acids is 4. The van der Waals surface area contributed by atoms with Crippen LogP contribution in [-0.4, -0.2) is 69.6 Å². The molecule has 1 aliphatic heterocycles. The first-order chi connectivity index (χ1) is 25.0. The Morgan fingerprint density at radius 2 is 1.50 bits per heavy atom. The number of carbonyl (C=O) groups is 4. The van der Waals surface area contributed by atoms with E-state index in [0.717, 1.165) is 41.9 Å². The van der Waals surface area contributed by atoms with Gasteiger partial charge in [0.15, 0.2) is 0 Å². The maximum Gasteiger partial charge on any atom is 0.383 e. The van der Waals surface area contributed by atoms with E-state index in [1.807, 2.05) is 35.6 Å². The third-order valence-corrected chi connectivity index (χ3v) is 8.65. The highest BCUT2D eigenvalue weighted by Gasteiger charge is 2.50. The summed E-state index contributed by atoms with van der Waals surface area (Å²) in [5.41, 5.74) is 0.699. The van der Waals surface area contributed by atoms with Crippen LogP contribution in [0.5, 0.6) is 0 Å². The number of alkyl halides is 2. The second-order valence-electron chi connectivity index (χ2n) is 12.5. The van der Waals surface area contributed by atoms with Gasteiger partial charge in [-0.25, -0.2) is 9.37 Å². The fourth-order valence-electron chi connectivity index (χ4n) is 5.88. The molecule has 1 saturated heterocycles. The van der Waals surface area contributed by atoms with Gasteiger partial charge in [0.05, 0.1) is 18.8 Å². The number of anilines is 1. The van der Waals surface area contributed by atoms with Gasteiger partial charge < -0.3 is 20.9 Å². The van der Waals surface area contributed by atoms with Crippen LogP contribution in [0.2, 0.25) is 0 Å². The molecule has 5 rings (SSSR count). The van der Waals surface area contributed by atoms with Crippen LogP contribution in [0.1, 0.15) is 36.8 Å². The van der Waals surface area contributed by atoms with Crippen molar-refractivity contribution in [1.82, 2.24) is 25.1 Å². The summed E-state index contributed by atoms with van der Waals surface area (Å²) in [6.07, 6.45) is 4.23. The van der Waals surface area contributed by atoms with Crippen LogP contribution in [0.15, 0.2) is 95.9 Å². The van der Waals surface area contributed by atoms with Gasteiger partial charge in [-0.15, -0.1) is 0 Å². The number of halogens is 3. The number of hydrogen-bond donors (Lipinski definition) is 3. The van der Waals surface area contributed by atoms with Crippen LogP contribution in [-0.2, 0) is 38.7 Å². The number of Topliss-reactive ketones (excluding diaryl/α,β-unsaturated/α-hetero) is 1. The molecule has 0 spiro atoms. The quantitative estimate of drug-likeness (QED) is 0.167. The van der Waals surface area contributed by atoms with E-state index in [0.29, 0.717) is 18.7 Å². The topological polar surface area (TPSA) is 142 Å². The van der Waals surface area contributed by atoms with E-state index in [4.69, 9.17) is 0 Å². The van der Waals surface area contributed by atoms with Gasteiger partial charge in [-0.1, -0.05) is 85.6 Å². The molecule has 1 unspecified atom stereocenters. The molecule has 3 amide bonds. The average molecular weight is 717 g/mol. The van der Waals surface area contributed by atoms with E-state index < -0.39 is 66.4 Å². The van der Waals surface area contributed by atoms with Crippen molar-refractivity contribution >= 4 is 29.2 Å². The third-order valence-electron chi connectivity index (χ3n) is 8.65. The summed E-state index contributed by atoms with van der Waals surface area (Å²) in [6.45, 7) is -0.386. The van der Waals surface area contributed by atoms with Gasteiger partial charge >= 0.3 is 5.92 Å². The number of nitrogens with one attached hydrogen (secondary N) is 3. The van der Waals surface area contributed by atoms with E-state index in [2.05, 4.69) is 15.6 Å². The van der Waals surface area contributed by atoms with Gasteiger partial charge in [0.25, 0.3) is 11.5 Å². The van der Waals surface area contributed by atoms with Crippen molar-refractivity contribution in [3.05, 3.63) is 118 Å². The number of ketones is 1. The molecule has 0 saturated carbocycles. The second kappa shape index (κ2) is 17.4. The van der Waals surface area contributed by atoms with E-state index >= 15 is 8.78 Å². The zero-order valence-corrected chi connectivity index (χ0v) is 28.3. The van der Waals surface area contributed by atoms with Crippen molar-refractivity contribution in [2.75, 3.05) is 25.0 Å². The van der Waals surface area contributed by atoms with Gasteiger partial charge in [0.2, 0.25) is 17.6 Å². The molecule has 4 aromatic rings. The van der Waals surface area contributed by atoms with Gasteiger partial charge in [-0.05, 0) is 36.1 Å². The van der Waals surface area contributed by atoms with Crippen molar-refractivity contribution < 1.29 is 32.3 Å². The van der Waals surface area contributed by atoms with Crippen molar-refractivity contribution in [3.63, 3.8) is 0 Å². The Labute approximate surface area is 298 Å². The number of aromatic nitrogens is 2. The molecule has 3 N–H and O–H groups in total. The maximum absolute atomic E-state index is 15.5. The molecular formula is C38H39F3N6O5. The van der Waals surface area contributed by atoms with Crippen molar-refractivity contribution in [3.8, 4) is 11.4 Å². The second-order valence-corrected chi connectivity index (χ2v) is 12.5. The number of benzene rings is 3. The lowest BCUT2D eigenvalue weighted by molar-refractivity contribution is -0.161. The van der Waals surface area contributed by atoms with Crippen LogP contribution in [0, 0.1) is 5.82 Å². The Bertz CT molecular complexity index is 1930. The Hall–Kier alpha value is -5.79. The Kier molecular flexibility index (Phi) is 12.6. The number of nitrogens with zero attached hydrogens (tertiary/aromatic N) is 3. The molecule has 1 aromatic heterocycles. The van der Waals surface area contributed by atoms with E-state index in [9.17, 15) is 28.4 Å². The lowest BCUT2D eigenvalue weighted by atomic mass is 9.98. The van der Waals surface area contributed by atoms with Crippen molar-refractivity contribution in [1.29, 1.82) is 0 Å². The summed E-state index contributed by atoms with van der Waals surface area (Å²) in [5, 5.41) is 7.16. The lowest BCUT2D eigenvalue weighted by Crippen LogP contribution is -2.56. The van der Waals surface area contributed by atoms with Crippen molar-refractivity contribution in [2.45, 2.75) is 57.2 Å². The molecule has 1 aliphatic rings. The molecule has 11 nitrogen and oxygen atoms in total. The minimum absolute atomic E-state index is 0.00615. The largest absolute Gasteiger partial charge is 0.383 e.